The molecule has 0 aromatic heterocycles. The van der Waals surface area contributed by atoms with Crippen molar-refractivity contribution in [2.45, 2.75) is 0 Å². The lowest BCUT2D eigenvalue weighted by Gasteiger charge is -2.01. The summed E-state index contributed by atoms with van der Waals surface area (Å²) in [6.45, 7) is 0. The molecule has 0 atom stereocenters. The molecule has 0 N–H and O–H groups in total. The van der Waals surface area contributed by atoms with Crippen LogP contribution in [-0.2, 0) is 9.53 Å². The largest absolute Gasteiger partial charge is 0.466 e. The minimum absolute atomic E-state index is 0.222. The fourth-order valence-electron chi connectivity index (χ4n) is 1.05. The Morgan fingerprint density at radius 1 is 1.65 bits per heavy atom. The fraction of sp³-hybridized carbons (Fsp3) is 0.100. The second kappa shape index (κ2) is 5.89. The van der Waals surface area contributed by atoms with Gasteiger partial charge in [0.05, 0.1) is 7.11 Å². The van der Waals surface area contributed by atoms with Crippen molar-refractivity contribution < 1.29 is 13.9 Å². The lowest BCUT2D eigenvalue weighted by atomic mass is 10.2. The molecule has 1 rings (SSSR count). The molecule has 5 nitrogen and oxygen atoms in total. The highest BCUT2D eigenvalue weighted by atomic mass is 35.5. The van der Waals surface area contributed by atoms with Crippen LogP contribution >= 0.6 is 11.6 Å². The summed E-state index contributed by atoms with van der Waals surface area (Å²) >= 11 is 5.79. The number of hydrogen-bond donors (Lipinski definition) is 0. The van der Waals surface area contributed by atoms with Crippen LogP contribution in [0, 0.1) is 5.82 Å². The molecule has 0 unspecified atom stereocenters. The zero-order chi connectivity index (χ0) is 12.8. The molecule has 1 aromatic rings. The average Bonchev–Trinajstić information content (AvgIpc) is 2.32. The van der Waals surface area contributed by atoms with Gasteiger partial charge in [-0.2, -0.15) is 0 Å². The molecule has 1 aromatic carbocycles. The Bertz CT molecular complexity index is 524. The van der Waals surface area contributed by atoms with Crippen LogP contribution < -0.4 is 0 Å². The molecule has 0 aliphatic heterocycles. The Kier molecular flexibility index (Phi) is 4.51. The monoisotopic (exact) mass is 255 g/mol. The number of carbonyl (C=O) groups is 1. The van der Waals surface area contributed by atoms with Crippen molar-refractivity contribution in [1.29, 1.82) is 0 Å². The lowest BCUT2D eigenvalue weighted by Crippen LogP contribution is -2.02. The molecule has 17 heavy (non-hydrogen) atoms. The van der Waals surface area contributed by atoms with Gasteiger partial charge in [-0.25, -0.2) is 9.18 Å². The summed E-state index contributed by atoms with van der Waals surface area (Å²) < 4.78 is 17.4. The molecule has 0 amide bonds. The third-order valence-corrected chi connectivity index (χ3v) is 2.14. The molecule has 0 bridgehead atoms. The standard InChI is InChI=1S/C10H7ClFN3O2/c1-17-10(16)9(14-15-13)5-6-4-7(12)2-3-8(6)11/h2-5H,1H3/b9-5+. The van der Waals surface area contributed by atoms with E-state index in [4.69, 9.17) is 17.1 Å². The highest BCUT2D eigenvalue weighted by molar-refractivity contribution is 6.32. The van der Waals surface area contributed by atoms with Gasteiger partial charge < -0.3 is 4.74 Å². The van der Waals surface area contributed by atoms with E-state index >= 15 is 0 Å². The first-order valence-electron chi connectivity index (χ1n) is 4.38. The summed E-state index contributed by atoms with van der Waals surface area (Å²) in [5, 5.41) is 3.37. The number of carbonyl (C=O) groups excluding carboxylic acids is 1. The molecular weight excluding hydrogens is 249 g/mol. The Labute approximate surface area is 101 Å². The topological polar surface area (TPSA) is 75.1 Å². The summed E-state index contributed by atoms with van der Waals surface area (Å²) in [7, 11) is 1.14. The van der Waals surface area contributed by atoms with Crippen molar-refractivity contribution in [1.82, 2.24) is 0 Å². The Hall–Kier alpha value is -2.04. The number of rotatable bonds is 3. The van der Waals surface area contributed by atoms with Crippen molar-refractivity contribution >= 4 is 23.6 Å². The molecule has 88 valence electrons. The first kappa shape index (κ1) is 13.0. The summed E-state index contributed by atoms with van der Waals surface area (Å²) in [5.41, 5.74) is 8.20. The maximum absolute atomic E-state index is 13.0. The van der Waals surface area contributed by atoms with E-state index in [2.05, 4.69) is 14.8 Å². The molecule has 0 saturated heterocycles. The predicted molar refractivity (Wildman–Crippen MR) is 60.5 cm³/mol. The Morgan fingerprint density at radius 2 is 2.35 bits per heavy atom. The number of nitrogens with zero attached hydrogens (tertiary/aromatic N) is 3. The molecule has 0 aliphatic carbocycles. The molecule has 0 radical (unpaired) electrons. The number of halogens is 2. The van der Waals surface area contributed by atoms with Crippen LogP contribution in [0.5, 0.6) is 0 Å². The highest BCUT2D eigenvalue weighted by Gasteiger charge is 2.09. The van der Waals surface area contributed by atoms with Crippen LogP contribution in [0.2, 0.25) is 5.02 Å². The maximum Gasteiger partial charge on any atom is 0.340 e. The molecule has 0 heterocycles. The number of azide groups is 1. The van der Waals surface area contributed by atoms with Crippen LogP contribution in [0.4, 0.5) is 4.39 Å². The number of methoxy groups -OCH3 is 1. The van der Waals surface area contributed by atoms with Gasteiger partial charge in [0, 0.05) is 9.93 Å². The van der Waals surface area contributed by atoms with E-state index in [0.717, 1.165) is 19.3 Å². The van der Waals surface area contributed by atoms with Gasteiger partial charge in [-0.15, -0.1) is 0 Å². The minimum atomic E-state index is -0.830. The smallest absolute Gasteiger partial charge is 0.340 e. The van der Waals surface area contributed by atoms with Crippen LogP contribution in [0.3, 0.4) is 0 Å². The van der Waals surface area contributed by atoms with Gasteiger partial charge in [0.1, 0.15) is 11.5 Å². The quantitative estimate of drug-likeness (QED) is 0.273. The number of esters is 1. The van der Waals surface area contributed by atoms with E-state index in [1.807, 2.05) is 0 Å². The van der Waals surface area contributed by atoms with E-state index < -0.39 is 11.8 Å². The predicted octanol–water partition coefficient (Wildman–Crippen LogP) is 3.30. The number of ether oxygens (including phenoxy) is 1. The zero-order valence-corrected chi connectivity index (χ0v) is 9.48. The fourth-order valence-corrected chi connectivity index (χ4v) is 1.23. The molecule has 7 heteroatoms. The Balaban J connectivity index is 3.25. The molecule has 0 saturated carbocycles. The van der Waals surface area contributed by atoms with E-state index in [-0.39, 0.29) is 16.3 Å². The van der Waals surface area contributed by atoms with E-state index in [1.165, 1.54) is 12.1 Å². The summed E-state index contributed by atoms with van der Waals surface area (Å²) in [4.78, 5) is 13.7. The van der Waals surface area contributed by atoms with Gasteiger partial charge in [-0.05, 0) is 35.4 Å². The molecular formula is C10H7ClFN3O2. The van der Waals surface area contributed by atoms with Crippen LogP contribution in [-0.4, -0.2) is 13.1 Å². The maximum atomic E-state index is 13.0. The van der Waals surface area contributed by atoms with Crippen molar-refractivity contribution in [2.75, 3.05) is 7.11 Å². The van der Waals surface area contributed by atoms with Crippen molar-refractivity contribution in [3.63, 3.8) is 0 Å². The van der Waals surface area contributed by atoms with Crippen molar-refractivity contribution in [2.24, 2.45) is 5.11 Å². The SMILES string of the molecule is COC(=O)/C(=C\c1cc(F)ccc1Cl)N=[N+]=[N-]. The lowest BCUT2D eigenvalue weighted by molar-refractivity contribution is -0.136. The minimum Gasteiger partial charge on any atom is -0.466 e. The van der Waals surface area contributed by atoms with Crippen LogP contribution in [0.15, 0.2) is 29.0 Å². The first-order chi connectivity index (χ1) is 8.08. The van der Waals surface area contributed by atoms with Crippen LogP contribution in [0.1, 0.15) is 5.56 Å². The second-order valence-corrected chi connectivity index (χ2v) is 3.28. The van der Waals surface area contributed by atoms with Gasteiger partial charge >= 0.3 is 5.97 Å². The van der Waals surface area contributed by atoms with Crippen molar-refractivity contribution in [3.05, 3.63) is 50.7 Å². The van der Waals surface area contributed by atoms with E-state index in [9.17, 15) is 9.18 Å². The van der Waals surface area contributed by atoms with Gasteiger partial charge in [0.2, 0.25) is 0 Å². The third-order valence-electron chi connectivity index (χ3n) is 1.80. The summed E-state index contributed by atoms with van der Waals surface area (Å²) in [6, 6.07) is 3.61. The molecule has 0 spiro atoms. The van der Waals surface area contributed by atoms with Crippen molar-refractivity contribution in [3.8, 4) is 0 Å². The average molecular weight is 256 g/mol. The zero-order valence-electron chi connectivity index (χ0n) is 8.72. The van der Waals surface area contributed by atoms with Crippen LogP contribution in [0.25, 0.3) is 16.5 Å². The second-order valence-electron chi connectivity index (χ2n) is 2.88. The van der Waals surface area contributed by atoms with E-state index in [0.29, 0.717) is 0 Å². The van der Waals surface area contributed by atoms with Gasteiger partial charge in [-0.3, -0.25) is 0 Å². The summed E-state index contributed by atoms with van der Waals surface area (Å²) in [5.74, 6) is -1.35. The number of benzene rings is 1. The Morgan fingerprint density at radius 3 is 2.94 bits per heavy atom. The molecule has 0 aliphatic rings. The molecule has 0 fully saturated rings. The van der Waals surface area contributed by atoms with Gasteiger partial charge in [0.15, 0.2) is 0 Å². The van der Waals surface area contributed by atoms with E-state index in [1.54, 1.807) is 0 Å². The number of hydrogen-bond acceptors (Lipinski definition) is 3. The normalized spacial score (nSPS) is 10.6. The highest BCUT2D eigenvalue weighted by Crippen LogP contribution is 2.20. The third kappa shape index (κ3) is 3.48. The van der Waals surface area contributed by atoms with Gasteiger partial charge in [0.25, 0.3) is 0 Å². The first-order valence-corrected chi connectivity index (χ1v) is 4.76. The van der Waals surface area contributed by atoms with Gasteiger partial charge in [-0.1, -0.05) is 16.7 Å². The summed E-state index contributed by atoms with van der Waals surface area (Å²) in [6.07, 6.45) is 1.15.